The number of H-pyrrole nitrogens is 1. The molecule has 0 spiro atoms. The molecule has 1 N–H and O–H groups in total. The number of esters is 1. The van der Waals surface area contributed by atoms with Gasteiger partial charge >= 0.3 is 5.97 Å². The van der Waals surface area contributed by atoms with E-state index in [0.717, 1.165) is 5.56 Å². The Labute approximate surface area is 124 Å². The molecule has 0 atom stereocenters. The van der Waals surface area contributed by atoms with Crippen LogP contribution in [0.1, 0.15) is 10.4 Å². The van der Waals surface area contributed by atoms with E-state index in [2.05, 4.69) is 14.7 Å². The van der Waals surface area contributed by atoms with E-state index in [0.29, 0.717) is 22.4 Å². The molecular weight excluding hydrogens is 286 g/mol. The molecule has 0 bridgehead atoms. The van der Waals surface area contributed by atoms with Crippen molar-refractivity contribution >= 4 is 22.7 Å². The summed E-state index contributed by atoms with van der Waals surface area (Å²) in [5, 5.41) is 10.8. The normalized spacial score (nSPS) is 10.6. The van der Waals surface area contributed by atoms with Crippen LogP contribution in [-0.2, 0) is 4.74 Å². The van der Waals surface area contributed by atoms with Crippen molar-refractivity contribution in [3.8, 4) is 11.4 Å². The summed E-state index contributed by atoms with van der Waals surface area (Å²) in [7, 11) is 1.32. The van der Waals surface area contributed by atoms with E-state index in [1.165, 1.54) is 19.2 Å². The maximum Gasteiger partial charge on any atom is 0.337 e. The molecule has 2 aromatic carbocycles. The highest BCUT2D eigenvalue weighted by Crippen LogP contribution is 2.24. The Morgan fingerprint density at radius 1 is 1.23 bits per heavy atom. The van der Waals surface area contributed by atoms with Gasteiger partial charge in [0.2, 0.25) is 0 Å². The lowest BCUT2D eigenvalue weighted by atomic mass is 10.1. The number of nitrogens with one attached hydrogen (secondary N) is 1. The standard InChI is InChI=1S/C15H11N3O4/c1-22-15(19)10-4-2-9(3-5-10)14-16-12-7-6-11(18(20)21)8-13(12)17-14/h2-8H,1H3,(H,16,17). The summed E-state index contributed by atoms with van der Waals surface area (Å²) < 4.78 is 4.64. The van der Waals surface area contributed by atoms with Crippen molar-refractivity contribution in [2.45, 2.75) is 0 Å². The molecule has 7 nitrogen and oxygen atoms in total. The Hall–Kier alpha value is -3.22. The number of non-ortho nitro benzene ring substituents is 1. The first-order valence-electron chi connectivity index (χ1n) is 6.41. The van der Waals surface area contributed by atoms with Crippen LogP contribution in [0.2, 0.25) is 0 Å². The number of hydrogen-bond acceptors (Lipinski definition) is 5. The van der Waals surface area contributed by atoms with Crippen molar-refractivity contribution in [3.63, 3.8) is 0 Å². The molecule has 0 unspecified atom stereocenters. The van der Waals surface area contributed by atoms with Gasteiger partial charge in [-0.05, 0) is 18.2 Å². The average Bonchev–Trinajstić information content (AvgIpc) is 2.97. The molecule has 0 radical (unpaired) electrons. The van der Waals surface area contributed by atoms with Crippen molar-refractivity contribution in [2.24, 2.45) is 0 Å². The molecule has 1 heterocycles. The number of aromatic amines is 1. The number of carbonyl (C=O) groups is 1. The Kier molecular flexibility index (Phi) is 3.30. The highest BCUT2D eigenvalue weighted by Gasteiger charge is 2.11. The van der Waals surface area contributed by atoms with E-state index < -0.39 is 10.9 Å². The number of carbonyl (C=O) groups excluding carboxylic acids is 1. The van der Waals surface area contributed by atoms with Crippen LogP contribution in [-0.4, -0.2) is 28.0 Å². The lowest BCUT2D eigenvalue weighted by Gasteiger charge is -2.00. The quantitative estimate of drug-likeness (QED) is 0.455. The monoisotopic (exact) mass is 297 g/mol. The molecule has 110 valence electrons. The summed E-state index contributed by atoms with van der Waals surface area (Å²) in [6.07, 6.45) is 0. The second-order valence-electron chi connectivity index (χ2n) is 4.61. The fourth-order valence-corrected chi connectivity index (χ4v) is 2.13. The molecule has 1 aromatic heterocycles. The largest absolute Gasteiger partial charge is 0.465 e. The molecule has 0 aliphatic rings. The first-order chi connectivity index (χ1) is 10.6. The lowest BCUT2D eigenvalue weighted by Crippen LogP contribution is -2.00. The van der Waals surface area contributed by atoms with Crippen LogP contribution in [0, 0.1) is 10.1 Å². The molecule has 0 aliphatic carbocycles. The Morgan fingerprint density at radius 2 is 1.95 bits per heavy atom. The van der Waals surface area contributed by atoms with Crippen molar-refractivity contribution < 1.29 is 14.5 Å². The van der Waals surface area contributed by atoms with Gasteiger partial charge in [-0.15, -0.1) is 0 Å². The first kappa shape index (κ1) is 13.7. The number of nitro benzene ring substituents is 1. The number of benzene rings is 2. The van der Waals surface area contributed by atoms with Crippen molar-refractivity contribution in [1.82, 2.24) is 9.97 Å². The zero-order chi connectivity index (χ0) is 15.7. The molecular formula is C15H11N3O4. The predicted octanol–water partition coefficient (Wildman–Crippen LogP) is 2.92. The molecule has 3 rings (SSSR count). The van der Waals surface area contributed by atoms with Gasteiger partial charge < -0.3 is 9.72 Å². The number of fused-ring (bicyclic) bond motifs is 1. The summed E-state index contributed by atoms with van der Waals surface area (Å²) >= 11 is 0. The highest BCUT2D eigenvalue weighted by atomic mass is 16.6. The summed E-state index contributed by atoms with van der Waals surface area (Å²) in [6.45, 7) is 0. The molecule has 3 aromatic rings. The molecule has 0 saturated heterocycles. The van der Waals surface area contributed by atoms with Gasteiger partial charge in [-0.25, -0.2) is 9.78 Å². The van der Waals surface area contributed by atoms with Crippen LogP contribution in [0.5, 0.6) is 0 Å². The van der Waals surface area contributed by atoms with Crippen LogP contribution in [0.4, 0.5) is 5.69 Å². The topological polar surface area (TPSA) is 98.1 Å². The Balaban J connectivity index is 1.99. The number of aromatic nitrogens is 2. The molecule has 0 amide bonds. The fourth-order valence-electron chi connectivity index (χ4n) is 2.13. The third-order valence-corrected chi connectivity index (χ3v) is 3.26. The number of hydrogen-bond donors (Lipinski definition) is 1. The predicted molar refractivity (Wildman–Crippen MR) is 79.5 cm³/mol. The van der Waals surface area contributed by atoms with E-state index >= 15 is 0 Å². The number of nitrogens with zero attached hydrogens (tertiary/aromatic N) is 2. The second-order valence-corrected chi connectivity index (χ2v) is 4.61. The van der Waals surface area contributed by atoms with E-state index in [4.69, 9.17) is 0 Å². The minimum atomic E-state index is -0.453. The number of nitro groups is 1. The van der Waals surface area contributed by atoms with E-state index in [-0.39, 0.29) is 5.69 Å². The van der Waals surface area contributed by atoms with Crippen LogP contribution in [0.15, 0.2) is 42.5 Å². The van der Waals surface area contributed by atoms with Gasteiger partial charge in [0.1, 0.15) is 5.82 Å². The first-order valence-corrected chi connectivity index (χ1v) is 6.41. The Morgan fingerprint density at radius 3 is 2.59 bits per heavy atom. The van der Waals surface area contributed by atoms with Gasteiger partial charge in [-0.2, -0.15) is 0 Å². The molecule has 7 heteroatoms. The number of imidazole rings is 1. The molecule has 0 saturated carbocycles. The zero-order valence-corrected chi connectivity index (χ0v) is 11.6. The summed E-state index contributed by atoms with van der Waals surface area (Å²) in [5.74, 6) is 0.165. The van der Waals surface area contributed by atoms with Crippen LogP contribution in [0.25, 0.3) is 22.4 Å². The van der Waals surface area contributed by atoms with Gasteiger partial charge in [0, 0.05) is 17.7 Å². The molecule has 0 fully saturated rings. The van der Waals surface area contributed by atoms with Crippen molar-refractivity contribution in [2.75, 3.05) is 7.11 Å². The SMILES string of the molecule is COC(=O)c1ccc(-c2nc3ccc([N+](=O)[O-])cc3[nH]2)cc1. The van der Waals surface area contributed by atoms with Gasteiger partial charge in [-0.1, -0.05) is 12.1 Å². The van der Waals surface area contributed by atoms with Crippen molar-refractivity contribution in [1.29, 1.82) is 0 Å². The van der Waals surface area contributed by atoms with E-state index in [1.54, 1.807) is 30.3 Å². The molecule has 22 heavy (non-hydrogen) atoms. The van der Waals surface area contributed by atoms with Gasteiger partial charge in [-0.3, -0.25) is 10.1 Å². The van der Waals surface area contributed by atoms with E-state index in [1.807, 2.05) is 0 Å². The van der Waals surface area contributed by atoms with E-state index in [9.17, 15) is 14.9 Å². The maximum absolute atomic E-state index is 11.4. The van der Waals surface area contributed by atoms with Gasteiger partial charge in [0.15, 0.2) is 0 Å². The summed E-state index contributed by atoms with van der Waals surface area (Å²) in [5.41, 5.74) is 2.44. The maximum atomic E-state index is 11.4. The zero-order valence-electron chi connectivity index (χ0n) is 11.6. The minimum absolute atomic E-state index is 0.00346. The number of rotatable bonds is 3. The van der Waals surface area contributed by atoms with Crippen LogP contribution < -0.4 is 0 Å². The number of methoxy groups -OCH3 is 1. The third kappa shape index (κ3) is 2.39. The smallest absolute Gasteiger partial charge is 0.337 e. The highest BCUT2D eigenvalue weighted by molar-refractivity contribution is 5.90. The second kappa shape index (κ2) is 5.28. The van der Waals surface area contributed by atoms with Crippen molar-refractivity contribution in [3.05, 3.63) is 58.1 Å². The Bertz CT molecular complexity index is 868. The molecule has 0 aliphatic heterocycles. The lowest BCUT2D eigenvalue weighted by molar-refractivity contribution is -0.384. The van der Waals surface area contributed by atoms with Gasteiger partial charge in [0.05, 0.1) is 28.6 Å². The number of ether oxygens (including phenoxy) is 1. The average molecular weight is 297 g/mol. The fraction of sp³-hybridized carbons (Fsp3) is 0.0667. The van der Waals surface area contributed by atoms with Crippen LogP contribution in [0.3, 0.4) is 0 Å². The van der Waals surface area contributed by atoms with Gasteiger partial charge in [0.25, 0.3) is 5.69 Å². The summed E-state index contributed by atoms with van der Waals surface area (Å²) in [4.78, 5) is 29.1. The summed E-state index contributed by atoms with van der Waals surface area (Å²) in [6, 6.07) is 11.2. The third-order valence-electron chi connectivity index (χ3n) is 3.26. The minimum Gasteiger partial charge on any atom is -0.465 e. The van der Waals surface area contributed by atoms with Crippen LogP contribution >= 0.6 is 0 Å².